The zero-order chi connectivity index (χ0) is 26.8. The largest absolute Gasteiger partial charge is 0.378 e. The van der Waals surface area contributed by atoms with Gasteiger partial charge in [-0.3, -0.25) is 9.78 Å². The summed E-state index contributed by atoms with van der Waals surface area (Å²) in [5, 5.41) is 8.32. The lowest BCUT2D eigenvalue weighted by Crippen LogP contribution is -2.35. The van der Waals surface area contributed by atoms with Crippen LogP contribution in [0.4, 0.5) is 33.7 Å². The van der Waals surface area contributed by atoms with E-state index in [9.17, 15) is 27.2 Å². The highest BCUT2D eigenvalue weighted by molar-refractivity contribution is 6.10. The Bertz CT molecular complexity index is 1560. The highest BCUT2D eigenvalue weighted by atomic mass is 19.2. The Balaban J connectivity index is 1.37. The summed E-state index contributed by atoms with van der Waals surface area (Å²) in [7, 11) is 0. The average molecular weight is 525 g/mol. The van der Waals surface area contributed by atoms with Crippen LogP contribution in [0.1, 0.15) is 27.8 Å². The van der Waals surface area contributed by atoms with Crippen molar-refractivity contribution in [1.29, 1.82) is 0 Å². The Kier molecular flexibility index (Phi) is 6.99. The van der Waals surface area contributed by atoms with Gasteiger partial charge in [0.15, 0.2) is 23.3 Å². The zero-order valence-electron chi connectivity index (χ0n) is 19.5. The topological polar surface area (TPSA) is 105 Å². The predicted octanol–water partition coefficient (Wildman–Crippen LogP) is 4.72. The first kappa shape index (κ1) is 25.2. The molecule has 1 aliphatic heterocycles. The van der Waals surface area contributed by atoms with Gasteiger partial charge >= 0.3 is 6.03 Å². The maximum absolute atomic E-state index is 14.6. The van der Waals surface area contributed by atoms with Crippen molar-refractivity contribution in [3.8, 4) is 0 Å². The minimum Gasteiger partial charge on any atom is -0.378 e. The molecule has 2 amide bonds. The van der Waals surface area contributed by atoms with Crippen LogP contribution < -0.4 is 16.0 Å². The first-order chi connectivity index (χ1) is 18.3. The number of carbonyl (C=O) groups excluding carboxylic acids is 2. The van der Waals surface area contributed by atoms with Crippen molar-refractivity contribution in [3.63, 3.8) is 0 Å². The van der Waals surface area contributed by atoms with E-state index in [0.717, 1.165) is 30.0 Å². The molecule has 0 bridgehead atoms. The summed E-state index contributed by atoms with van der Waals surface area (Å²) >= 11 is 0. The van der Waals surface area contributed by atoms with Gasteiger partial charge in [-0.25, -0.2) is 27.3 Å². The average Bonchev–Trinajstić information content (AvgIpc) is 2.92. The van der Waals surface area contributed by atoms with Gasteiger partial charge in [-0.2, -0.15) is 0 Å². The number of halogens is 4. The van der Waals surface area contributed by atoms with Gasteiger partial charge < -0.3 is 20.7 Å². The molecule has 1 atom stereocenters. The van der Waals surface area contributed by atoms with Gasteiger partial charge in [-0.15, -0.1) is 0 Å². The summed E-state index contributed by atoms with van der Waals surface area (Å²) < 4.78 is 60.8. The highest BCUT2D eigenvalue weighted by Crippen LogP contribution is 2.24. The number of benzene rings is 2. The number of nitrogens with one attached hydrogen (secondary N) is 3. The molecule has 2 aromatic carbocycles. The van der Waals surface area contributed by atoms with Crippen LogP contribution in [-0.2, 0) is 4.74 Å². The lowest BCUT2D eigenvalue weighted by Gasteiger charge is -2.23. The highest BCUT2D eigenvalue weighted by Gasteiger charge is 2.22. The number of urea groups is 1. The zero-order valence-corrected chi connectivity index (χ0v) is 19.5. The van der Waals surface area contributed by atoms with Crippen LogP contribution in [0.3, 0.4) is 0 Å². The second-order valence-corrected chi connectivity index (χ2v) is 8.44. The monoisotopic (exact) mass is 525 g/mol. The molecule has 5 rings (SSSR count). The van der Waals surface area contributed by atoms with Gasteiger partial charge in [0.05, 0.1) is 42.2 Å². The van der Waals surface area contributed by atoms with Crippen molar-refractivity contribution < 1.29 is 31.9 Å². The van der Waals surface area contributed by atoms with E-state index in [2.05, 4.69) is 25.9 Å². The fraction of sp³-hybridized carbons (Fsp3) is 0.154. The van der Waals surface area contributed by atoms with E-state index in [-0.39, 0.29) is 23.1 Å². The van der Waals surface area contributed by atoms with Crippen molar-refractivity contribution >= 4 is 34.1 Å². The van der Waals surface area contributed by atoms with Crippen LogP contribution in [0, 0.1) is 23.3 Å². The Hall–Kier alpha value is -4.42. The third-order valence-corrected chi connectivity index (χ3v) is 5.82. The molecule has 1 saturated heterocycles. The van der Waals surface area contributed by atoms with Crippen molar-refractivity contribution in [1.82, 2.24) is 15.3 Å². The van der Waals surface area contributed by atoms with Crippen LogP contribution in [0.25, 0.3) is 10.9 Å². The molecule has 3 heterocycles. The number of carbonyl (C=O) groups is 2. The van der Waals surface area contributed by atoms with Crippen LogP contribution in [-0.4, -0.2) is 41.5 Å². The number of amides is 2. The van der Waals surface area contributed by atoms with Crippen LogP contribution in [0.2, 0.25) is 0 Å². The van der Waals surface area contributed by atoms with Gasteiger partial charge in [0, 0.05) is 35.4 Å². The number of morpholine rings is 1. The van der Waals surface area contributed by atoms with E-state index in [0.29, 0.717) is 36.7 Å². The van der Waals surface area contributed by atoms with Crippen molar-refractivity contribution in [2.45, 2.75) is 6.04 Å². The molecular weight excluding hydrogens is 506 g/mol. The summed E-state index contributed by atoms with van der Waals surface area (Å²) in [5.74, 6) is -6.00. The molecule has 12 heteroatoms. The number of anilines is 2. The van der Waals surface area contributed by atoms with Gasteiger partial charge in [0.1, 0.15) is 5.69 Å². The SMILES string of the molecule is O=C(Nc1ccc(F)c(F)c1)Nc1cc(F)c(F)c(C(=O)c2cc3ccc(C4COCCN4)nc3cn2)c1. The van der Waals surface area contributed by atoms with E-state index in [4.69, 9.17) is 4.74 Å². The molecule has 0 saturated carbocycles. The number of pyridine rings is 2. The fourth-order valence-corrected chi connectivity index (χ4v) is 3.95. The second-order valence-electron chi connectivity index (χ2n) is 8.44. The third kappa shape index (κ3) is 5.31. The van der Waals surface area contributed by atoms with Gasteiger partial charge in [-0.1, -0.05) is 6.07 Å². The predicted molar refractivity (Wildman–Crippen MR) is 130 cm³/mol. The summed E-state index contributed by atoms with van der Waals surface area (Å²) in [5.41, 5.74) is 0.0980. The molecular formula is C26H19F4N5O3. The number of hydrogen-bond donors (Lipinski definition) is 3. The molecule has 1 unspecified atom stereocenters. The fourth-order valence-electron chi connectivity index (χ4n) is 3.95. The number of fused-ring (bicyclic) bond motifs is 1. The Morgan fingerprint density at radius 3 is 2.47 bits per heavy atom. The normalized spacial score (nSPS) is 15.3. The minimum absolute atomic E-state index is 0.0794. The van der Waals surface area contributed by atoms with E-state index < -0.39 is 40.6 Å². The second kappa shape index (κ2) is 10.5. The molecule has 0 radical (unpaired) electrons. The Morgan fingerprint density at radius 2 is 1.71 bits per heavy atom. The van der Waals surface area contributed by atoms with E-state index in [1.807, 2.05) is 0 Å². The maximum Gasteiger partial charge on any atom is 0.323 e. The quantitative estimate of drug-likeness (QED) is 0.257. The number of ether oxygens (including phenoxy) is 1. The molecule has 38 heavy (non-hydrogen) atoms. The van der Waals surface area contributed by atoms with E-state index in [1.165, 1.54) is 12.3 Å². The lowest BCUT2D eigenvalue weighted by molar-refractivity contribution is 0.0757. The smallest absolute Gasteiger partial charge is 0.323 e. The molecule has 0 aliphatic carbocycles. The minimum atomic E-state index is -1.42. The molecule has 2 aromatic heterocycles. The van der Waals surface area contributed by atoms with Gasteiger partial charge in [-0.05, 0) is 30.3 Å². The summed E-state index contributed by atoms with van der Waals surface area (Å²) in [6, 6.07) is 8.19. The van der Waals surface area contributed by atoms with E-state index >= 15 is 0 Å². The maximum atomic E-state index is 14.6. The molecule has 194 valence electrons. The standard InChI is InChI=1S/C26H19F4N5O3/c27-17-3-2-14(9-18(17)28)33-26(37)34-15-8-16(24(30)19(29)10-15)25(36)21-7-13-1-4-20(35-22(13)11-32-21)23-12-38-6-5-31-23/h1-4,7-11,23,31H,5-6,12H2,(H2,33,34,37). The number of nitrogens with zero attached hydrogens (tertiary/aromatic N) is 2. The summed E-state index contributed by atoms with van der Waals surface area (Å²) in [6.45, 7) is 1.78. The molecule has 4 aromatic rings. The van der Waals surface area contributed by atoms with Crippen molar-refractivity contribution in [3.05, 3.63) is 94.9 Å². The van der Waals surface area contributed by atoms with Crippen LogP contribution >= 0.6 is 0 Å². The van der Waals surface area contributed by atoms with Crippen molar-refractivity contribution in [2.75, 3.05) is 30.4 Å². The molecule has 1 aliphatic rings. The number of hydrogen-bond acceptors (Lipinski definition) is 6. The van der Waals surface area contributed by atoms with Crippen LogP contribution in [0.15, 0.2) is 54.7 Å². The first-order valence-electron chi connectivity index (χ1n) is 11.4. The number of ketones is 1. The number of aromatic nitrogens is 2. The van der Waals surface area contributed by atoms with Crippen LogP contribution in [0.5, 0.6) is 0 Å². The number of rotatable bonds is 5. The molecule has 3 N–H and O–H groups in total. The molecule has 1 fully saturated rings. The molecule has 8 nitrogen and oxygen atoms in total. The Labute approximate surface area is 213 Å². The molecule has 0 spiro atoms. The third-order valence-electron chi connectivity index (χ3n) is 5.82. The first-order valence-corrected chi connectivity index (χ1v) is 11.4. The lowest BCUT2D eigenvalue weighted by atomic mass is 10.0. The van der Waals surface area contributed by atoms with E-state index in [1.54, 1.807) is 12.1 Å². The summed E-state index contributed by atoms with van der Waals surface area (Å²) in [4.78, 5) is 33.9. The van der Waals surface area contributed by atoms with Gasteiger partial charge in [0.25, 0.3) is 0 Å². The van der Waals surface area contributed by atoms with Gasteiger partial charge in [0.2, 0.25) is 5.78 Å². The van der Waals surface area contributed by atoms with Crippen molar-refractivity contribution in [2.24, 2.45) is 0 Å². The Morgan fingerprint density at radius 1 is 0.921 bits per heavy atom. The summed E-state index contributed by atoms with van der Waals surface area (Å²) in [6.07, 6.45) is 1.36.